The lowest BCUT2D eigenvalue weighted by molar-refractivity contribution is -0.120. The maximum atomic E-state index is 12.7. The molecule has 0 radical (unpaired) electrons. The van der Waals surface area contributed by atoms with E-state index in [1.165, 1.54) is 24.6 Å². The van der Waals surface area contributed by atoms with Crippen LogP contribution in [0.1, 0.15) is 38.2 Å². The highest BCUT2D eigenvalue weighted by atomic mass is 32.2. The SMILES string of the molecule is C[C@H](Sc1nnc(-c2cccnc2)n1Cc1ccccc1)C(=O)NC1CCCC1. The summed E-state index contributed by atoms with van der Waals surface area (Å²) in [5.74, 6) is 0.826. The number of rotatable bonds is 7. The number of benzene rings is 1. The highest BCUT2D eigenvalue weighted by molar-refractivity contribution is 8.00. The Morgan fingerprint density at radius 3 is 2.69 bits per heavy atom. The summed E-state index contributed by atoms with van der Waals surface area (Å²) >= 11 is 1.45. The van der Waals surface area contributed by atoms with Crippen molar-refractivity contribution in [1.82, 2.24) is 25.1 Å². The van der Waals surface area contributed by atoms with E-state index in [1.54, 1.807) is 12.4 Å². The van der Waals surface area contributed by atoms with Gasteiger partial charge in [0.05, 0.1) is 11.8 Å². The monoisotopic (exact) mass is 407 g/mol. The van der Waals surface area contributed by atoms with Crippen molar-refractivity contribution < 1.29 is 4.79 Å². The van der Waals surface area contributed by atoms with E-state index in [4.69, 9.17) is 0 Å². The van der Waals surface area contributed by atoms with Crippen molar-refractivity contribution in [2.45, 2.75) is 55.6 Å². The van der Waals surface area contributed by atoms with Crippen molar-refractivity contribution in [3.8, 4) is 11.4 Å². The molecular weight excluding hydrogens is 382 g/mol. The van der Waals surface area contributed by atoms with Gasteiger partial charge in [-0.1, -0.05) is 54.9 Å². The fourth-order valence-electron chi connectivity index (χ4n) is 3.59. The molecule has 3 aromatic rings. The lowest BCUT2D eigenvalue weighted by Crippen LogP contribution is -2.37. The zero-order chi connectivity index (χ0) is 20.1. The van der Waals surface area contributed by atoms with E-state index in [0.717, 1.165) is 34.9 Å². The van der Waals surface area contributed by atoms with Crippen LogP contribution < -0.4 is 5.32 Å². The molecule has 1 N–H and O–H groups in total. The second kappa shape index (κ2) is 9.22. The van der Waals surface area contributed by atoms with Crippen LogP contribution in [-0.2, 0) is 11.3 Å². The van der Waals surface area contributed by atoms with Crippen LogP contribution >= 0.6 is 11.8 Å². The average Bonchev–Trinajstić information content (AvgIpc) is 3.40. The first kappa shape index (κ1) is 19.6. The molecule has 6 nitrogen and oxygen atoms in total. The van der Waals surface area contributed by atoms with E-state index < -0.39 is 0 Å². The Hall–Kier alpha value is -2.67. The van der Waals surface area contributed by atoms with Crippen molar-refractivity contribution in [2.24, 2.45) is 0 Å². The van der Waals surface area contributed by atoms with Crippen LogP contribution in [0, 0.1) is 0 Å². The molecule has 1 saturated carbocycles. The summed E-state index contributed by atoms with van der Waals surface area (Å²) in [6.07, 6.45) is 8.10. The molecule has 1 aliphatic rings. The van der Waals surface area contributed by atoms with Crippen molar-refractivity contribution in [2.75, 3.05) is 0 Å². The summed E-state index contributed by atoms with van der Waals surface area (Å²) in [6.45, 7) is 2.57. The smallest absolute Gasteiger partial charge is 0.233 e. The van der Waals surface area contributed by atoms with Gasteiger partial charge < -0.3 is 5.32 Å². The van der Waals surface area contributed by atoms with Gasteiger partial charge in [0.25, 0.3) is 0 Å². The number of nitrogens with zero attached hydrogens (tertiary/aromatic N) is 4. The highest BCUT2D eigenvalue weighted by Gasteiger charge is 2.24. The van der Waals surface area contributed by atoms with Crippen molar-refractivity contribution in [1.29, 1.82) is 0 Å². The zero-order valence-electron chi connectivity index (χ0n) is 16.5. The number of amides is 1. The molecule has 0 aliphatic heterocycles. The molecule has 0 spiro atoms. The van der Waals surface area contributed by atoms with Gasteiger partial charge in [0.1, 0.15) is 0 Å². The summed E-state index contributed by atoms with van der Waals surface area (Å²) in [5.41, 5.74) is 2.06. The largest absolute Gasteiger partial charge is 0.352 e. The van der Waals surface area contributed by atoms with Crippen LogP contribution in [0.25, 0.3) is 11.4 Å². The number of carbonyl (C=O) groups is 1. The van der Waals surface area contributed by atoms with Gasteiger partial charge in [-0.3, -0.25) is 14.3 Å². The molecule has 0 bridgehead atoms. The minimum atomic E-state index is -0.240. The normalized spacial score (nSPS) is 15.3. The van der Waals surface area contributed by atoms with Crippen molar-refractivity contribution in [3.63, 3.8) is 0 Å². The minimum absolute atomic E-state index is 0.0686. The Balaban J connectivity index is 1.57. The molecule has 2 heterocycles. The molecule has 1 aromatic carbocycles. The number of aromatic nitrogens is 4. The Labute approximate surface area is 175 Å². The molecule has 1 aliphatic carbocycles. The molecule has 29 heavy (non-hydrogen) atoms. The predicted octanol–water partition coefficient (Wildman–Crippen LogP) is 3.93. The number of thioether (sulfide) groups is 1. The molecule has 7 heteroatoms. The van der Waals surface area contributed by atoms with E-state index in [-0.39, 0.29) is 11.2 Å². The molecule has 1 amide bonds. The lowest BCUT2D eigenvalue weighted by atomic mass is 10.2. The van der Waals surface area contributed by atoms with Crippen molar-refractivity contribution >= 4 is 17.7 Å². The van der Waals surface area contributed by atoms with E-state index in [1.807, 2.05) is 37.3 Å². The van der Waals surface area contributed by atoms with Gasteiger partial charge in [0.2, 0.25) is 5.91 Å². The van der Waals surface area contributed by atoms with Gasteiger partial charge in [0, 0.05) is 24.0 Å². The summed E-state index contributed by atoms with van der Waals surface area (Å²) in [6, 6.07) is 14.4. The molecule has 2 aromatic heterocycles. The second-order valence-electron chi connectivity index (χ2n) is 7.37. The third-order valence-corrected chi connectivity index (χ3v) is 6.25. The number of pyridine rings is 1. The van der Waals surface area contributed by atoms with Crippen LogP contribution in [0.15, 0.2) is 60.0 Å². The van der Waals surface area contributed by atoms with Gasteiger partial charge in [-0.15, -0.1) is 10.2 Å². The predicted molar refractivity (Wildman–Crippen MR) is 115 cm³/mol. The van der Waals surface area contributed by atoms with Gasteiger partial charge >= 0.3 is 0 Å². The Kier molecular flexibility index (Phi) is 6.24. The van der Waals surface area contributed by atoms with Crippen LogP contribution in [0.3, 0.4) is 0 Å². The quantitative estimate of drug-likeness (QED) is 0.601. The number of hydrogen-bond acceptors (Lipinski definition) is 5. The van der Waals surface area contributed by atoms with Crippen LogP contribution in [-0.4, -0.2) is 36.9 Å². The second-order valence-corrected chi connectivity index (χ2v) is 8.68. The van der Waals surface area contributed by atoms with Crippen molar-refractivity contribution in [3.05, 3.63) is 60.4 Å². The van der Waals surface area contributed by atoms with Gasteiger partial charge in [-0.2, -0.15) is 0 Å². The third kappa shape index (κ3) is 4.85. The van der Waals surface area contributed by atoms with Gasteiger partial charge in [-0.05, 0) is 37.5 Å². The molecule has 4 rings (SSSR count). The first-order valence-electron chi connectivity index (χ1n) is 10.1. The van der Waals surface area contributed by atoms with E-state index >= 15 is 0 Å². The zero-order valence-corrected chi connectivity index (χ0v) is 17.3. The van der Waals surface area contributed by atoms with Gasteiger partial charge in [0.15, 0.2) is 11.0 Å². The molecule has 0 unspecified atom stereocenters. The summed E-state index contributed by atoms with van der Waals surface area (Å²) in [5, 5.41) is 12.5. The fraction of sp³-hybridized carbons (Fsp3) is 0.364. The number of nitrogens with one attached hydrogen (secondary N) is 1. The Morgan fingerprint density at radius 2 is 1.97 bits per heavy atom. The average molecular weight is 408 g/mol. The highest BCUT2D eigenvalue weighted by Crippen LogP contribution is 2.28. The standard InChI is InChI=1S/C22H25N5OS/c1-16(21(28)24-19-11-5-6-12-19)29-22-26-25-20(18-10-7-13-23-14-18)27(22)15-17-8-3-2-4-9-17/h2-4,7-10,13-14,16,19H,5-6,11-12,15H2,1H3,(H,24,28)/t16-/m0/s1. The number of hydrogen-bond donors (Lipinski definition) is 1. The molecule has 1 atom stereocenters. The summed E-state index contributed by atoms with van der Waals surface area (Å²) < 4.78 is 2.07. The lowest BCUT2D eigenvalue weighted by Gasteiger charge is -2.17. The van der Waals surface area contributed by atoms with Gasteiger partial charge in [-0.25, -0.2) is 0 Å². The van der Waals surface area contributed by atoms with E-state index in [9.17, 15) is 4.79 Å². The third-order valence-electron chi connectivity index (χ3n) is 5.17. The van der Waals surface area contributed by atoms with E-state index in [0.29, 0.717) is 12.6 Å². The number of carbonyl (C=O) groups excluding carboxylic acids is 1. The maximum Gasteiger partial charge on any atom is 0.233 e. The topological polar surface area (TPSA) is 72.7 Å². The summed E-state index contributed by atoms with van der Waals surface area (Å²) in [4.78, 5) is 16.9. The maximum absolute atomic E-state index is 12.7. The molecule has 150 valence electrons. The van der Waals surface area contributed by atoms with Crippen LogP contribution in [0.2, 0.25) is 0 Å². The Bertz CT molecular complexity index is 938. The molecule has 0 saturated heterocycles. The minimum Gasteiger partial charge on any atom is -0.352 e. The first-order chi connectivity index (χ1) is 14.2. The first-order valence-corrected chi connectivity index (χ1v) is 10.9. The van der Waals surface area contributed by atoms with E-state index in [2.05, 4.69) is 37.2 Å². The molecular formula is C22H25N5OS. The fourth-order valence-corrected chi connectivity index (χ4v) is 4.45. The Morgan fingerprint density at radius 1 is 1.17 bits per heavy atom. The van der Waals surface area contributed by atoms with Crippen LogP contribution in [0.5, 0.6) is 0 Å². The molecule has 1 fully saturated rings. The summed E-state index contributed by atoms with van der Waals surface area (Å²) in [7, 11) is 0. The van der Waals surface area contributed by atoms with Crippen LogP contribution in [0.4, 0.5) is 0 Å².